The van der Waals surface area contributed by atoms with Gasteiger partial charge in [-0.15, -0.1) is 0 Å². The molecule has 0 amide bonds. The van der Waals surface area contributed by atoms with Crippen LogP contribution in [-0.2, 0) is 20.8 Å². The topological polar surface area (TPSA) is 62.6 Å². The maximum Gasteiger partial charge on any atom is 0.336 e. The lowest BCUT2D eigenvalue weighted by atomic mass is 10.1. The molecule has 1 saturated heterocycles. The van der Waals surface area contributed by atoms with Gasteiger partial charge < -0.3 is 9.47 Å². The quantitative estimate of drug-likeness (QED) is 0.774. The van der Waals surface area contributed by atoms with Crippen LogP contribution in [0.15, 0.2) is 18.2 Å². The van der Waals surface area contributed by atoms with E-state index in [1.54, 1.807) is 12.1 Å². The molecule has 1 fully saturated rings. The largest absolute Gasteiger partial charge is 0.467 e. The highest BCUT2D eigenvalue weighted by Gasteiger charge is 2.27. The summed E-state index contributed by atoms with van der Waals surface area (Å²) in [7, 11) is 1.31. The lowest BCUT2D eigenvalue weighted by Crippen LogP contribution is -2.46. The van der Waals surface area contributed by atoms with Crippen molar-refractivity contribution in [2.75, 3.05) is 26.8 Å². The van der Waals surface area contributed by atoms with Crippen molar-refractivity contribution in [1.82, 2.24) is 4.90 Å². The Balaban J connectivity index is 2.07. The Bertz CT molecular complexity index is 542. The van der Waals surface area contributed by atoms with E-state index in [1.165, 1.54) is 13.2 Å². The summed E-state index contributed by atoms with van der Waals surface area (Å²) in [6.07, 6.45) is -0.643. The lowest BCUT2D eigenvalue weighted by molar-refractivity contribution is -0.160. The summed E-state index contributed by atoms with van der Waals surface area (Å²) >= 11 is 0. The number of hydrogen-bond acceptors (Lipinski definition) is 5. The standard InChI is InChI=1S/C14H15FN2O3/c1-19-14(18)12-9-17(5-6-20-12)8-11-4-2-3-10(7-16)13(11)15/h2-4,12H,5-6,8-9H2,1H3. The van der Waals surface area contributed by atoms with Crippen LogP contribution in [-0.4, -0.2) is 43.8 Å². The molecular formula is C14H15FN2O3. The van der Waals surface area contributed by atoms with Gasteiger partial charge in [-0.3, -0.25) is 4.90 Å². The second-order valence-electron chi connectivity index (χ2n) is 4.51. The first-order chi connectivity index (χ1) is 9.65. The molecule has 5 nitrogen and oxygen atoms in total. The van der Waals surface area contributed by atoms with Crippen molar-refractivity contribution in [2.45, 2.75) is 12.6 Å². The van der Waals surface area contributed by atoms with Crippen molar-refractivity contribution in [3.63, 3.8) is 0 Å². The molecule has 0 bridgehead atoms. The van der Waals surface area contributed by atoms with Gasteiger partial charge in [0.15, 0.2) is 6.10 Å². The molecule has 1 atom stereocenters. The molecule has 0 aliphatic carbocycles. The van der Waals surface area contributed by atoms with Gasteiger partial charge in [0.2, 0.25) is 0 Å². The van der Waals surface area contributed by atoms with Gasteiger partial charge in [0.1, 0.15) is 11.9 Å². The first-order valence-electron chi connectivity index (χ1n) is 6.25. The van der Waals surface area contributed by atoms with Crippen LogP contribution in [0.3, 0.4) is 0 Å². The monoisotopic (exact) mass is 278 g/mol. The summed E-state index contributed by atoms with van der Waals surface area (Å²) in [5, 5.41) is 8.81. The minimum absolute atomic E-state index is 0.0280. The third-order valence-corrected chi connectivity index (χ3v) is 3.21. The van der Waals surface area contributed by atoms with E-state index < -0.39 is 17.9 Å². The first kappa shape index (κ1) is 14.4. The van der Waals surface area contributed by atoms with E-state index in [1.807, 2.05) is 11.0 Å². The van der Waals surface area contributed by atoms with Gasteiger partial charge in [0, 0.05) is 25.2 Å². The summed E-state index contributed by atoms with van der Waals surface area (Å²) in [6, 6.07) is 6.54. The van der Waals surface area contributed by atoms with Gasteiger partial charge in [-0.05, 0) is 6.07 Å². The minimum atomic E-state index is -0.643. The van der Waals surface area contributed by atoms with Gasteiger partial charge in [0.25, 0.3) is 0 Å². The number of nitriles is 1. The SMILES string of the molecule is COC(=O)C1CN(Cc2cccc(C#N)c2F)CCO1. The Hall–Kier alpha value is -1.97. The summed E-state index contributed by atoms with van der Waals surface area (Å²) in [5.74, 6) is -0.933. The van der Waals surface area contributed by atoms with E-state index in [-0.39, 0.29) is 5.56 Å². The van der Waals surface area contributed by atoms with Crippen molar-refractivity contribution in [3.8, 4) is 6.07 Å². The Morgan fingerprint density at radius 2 is 2.45 bits per heavy atom. The lowest BCUT2D eigenvalue weighted by Gasteiger charge is -2.31. The van der Waals surface area contributed by atoms with E-state index in [0.717, 1.165) is 0 Å². The molecule has 0 radical (unpaired) electrons. The summed E-state index contributed by atoms with van der Waals surface area (Å²) < 4.78 is 23.9. The minimum Gasteiger partial charge on any atom is -0.467 e. The van der Waals surface area contributed by atoms with Crippen LogP contribution in [0.4, 0.5) is 4.39 Å². The van der Waals surface area contributed by atoms with Crippen LogP contribution >= 0.6 is 0 Å². The molecule has 0 N–H and O–H groups in total. The number of hydrogen-bond donors (Lipinski definition) is 0. The summed E-state index contributed by atoms with van der Waals surface area (Å²) in [4.78, 5) is 13.3. The van der Waals surface area contributed by atoms with E-state index in [4.69, 9.17) is 10.00 Å². The normalized spacial score (nSPS) is 19.4. The average molecular weight is 278 g/mol. The van der Waals surface area contributed by atoms with Crippen molar-refractivity contribution in [2.24, 2.45) is 0 Å². The van der Waals surface area contributed by atoms with Crippen LogP contribution < -0.4 is 0 Å². The fourth-order valence-corrected chi connectivity index (χ4v) is 2.15. The molecule has 1 aliphatic heterocycles. The summed E-state index contributed by atoms with van der Waals surface area (Å²) in [6.45, 7) is 1.67. The molecule has 1 aromatic carbocycles. The smallest absolute Gasteiger partial charge is 0.336 e. The molecular weight excluding hydrogens is 263 g/mol. The van der Waals surface area contributed by atoms with Crippen LogP contribution in [0.25, 0.3) is 0 Å². The molecule has 0 spiro atoms. The van der Waals surface area contributed by atoms with E-state index in [9.17, 15) is 9.18 Å². The zero-order valence-electron chi connectivity index (χ0n) is 11.1. The zero-order chi connectivity index (χ0) is 14.5. The predicted octanol–water partition coefficient (Wildman–Crippen LogP) is 1.07. The van der Waals surface area contributed by atoms with Gasteiger partial charge in [0.05, 0.1) is 19.3 Å². The third-order valence-electron chi connectivity index (χ3n) is 3.21. The molecule has 1 unspecified atom stereocenters. The number of ether oxygens (including phenoxy) is 2. The van der Waals surface area contributed by atoms with E-state index in [2.05, 4.69) is 4.74 Å². The Morgan fingerprint density at radius 1 is 1.65 bits per heavy atom. The Labute approximate surface area is 116 Å². The number of halogens is 1. The van der Waals surface area contributed by atoms with Crippen LogP contribution in [0.1, 0.15) is 11.1 Å². The number of esters is 1. The molecule has 6 heteroatoms. The van der Waals surface area contributed by atoms with Crippen molar-refractivity contribution in [1.29, 1.82) is 5.26 Å². The van der Waals surface area contributed by atoms with Gasteiger partial charge in [-0.2, -0.15) is 5.26 Å². The first-order valence-corrected chi connectivity index (χ1v) is 6.25. The van der Waals surface area contributed by atoms with Crippen LogP contribution in [0.5, 0.6) is 0 Å². The highest BCUT2D eigenvalue weighted by atomic mass is 19.1. The number of rotatable bonds is 3. The third kappa shape index (κ3) is 3.13. The number of nitrogens with zero attached hydrogens (tertiary/aromatic N) is 2. The molecule has 1 aromatic rings. The molecule has 0 saturated carbocycles. The number of carbonyl (C=O) groups is 1. The second kappa shape index (κ2) is 6.46. The maximum absolute atomic E-state index is 14.0. The fourth-order valence-electron chi connectivity index (χ4n) is 2.15. The molecule has 20 heavy (non-hydrogen) atoms. The number of benzene rings is 1. The number of carbonyl (C=O) groups excluding carboxylic acids is 1. The van der Waals surface area contributed by atoms with Gasteiger partial charge >= 0.3 is 5.97 Å². The highest BCUT2D eigenvalue weighted by molar-refractivity contribution is 5.74. The van der Waals surface area contributed by atoms with Crippen molar-refractivity contribution < 1.29 is 18.7 Å². The molecule has 0 aromatic heterocycles. The molecule has 1 aliphatic rings. The van der Waals surface area contributed by atoms with Gasteiger partial charge in [-0.1, -0.05) is 12.1 Å². The molecule has 106 valence electrons. The fraction of sp³-hybridized carbons (Fsp3) is 0.429. The Kier molecular flexibility index (Phi) is 4.66. The highest BCUT2D eigenvalue weighted by Crippen LogP contribution is 2.16. The maximum atomic E-state index is 14.0. The van der Waals surface area contributed by atoms with E-state index >= 15 is 0 Å². The van der Waals surface area contributed by atoms with Crippen LogP contribution in [0.2, 0.25) is 0 Å². The van der Waals surface area contributed by atoms with Crippen molar-refractivity contribution >= 4 is 5.97 Å². The number of methoxy groups -OCH3 is 1. The Morgan fingerprint density at radius 3 is 3.15 bits per heavy atom. The number of morpholine rings is 1. The van der Waals surface area contributed by atoms with Crippen molar-refractivity contribution in [3.05, 3.63) is 35.1 Å². The van der Waals surface area contributed by atoms with Crippen LogP contribution in [0, 0.1) is 17.1 Å². The predicted molar refractivity (Wildman–Crippen MR) is 68.1 cm³/mol. The zero-order valence-corrected chi connectivity index (χ0v) is 11.1. The second-order valence-corrected chi connectivity index (χ2v) is 4.51. The molecule has 1 heterocycles. The molecule has 2 rings (SSSR count). The van der Waals surface area contributed by atoms with E-state index in [0.29, 0.717) is 31.8 Å². The summed E-state index contributed by atoms with van der Waals surface area (Å²) in [5.41, 5.74) is 0.467. The average Bonchev–Trinajstić information content (AvgIpc) is 2.49. The van der Waals surface area contributed by atoms with Gasteiger partial charge in [-0.25, -0.2) is 9.18 Å².